The number of nitrogens with one attached hydrogen (secondary N) is 1. The number of rotatable bonds is 3. The van der Waals surface area contributed by atoms with Crippen molar-refractivity contribution in [1.29, 1.82) is 0 Å². The van der Waals surface area contributed by atoms with Crippen molar-refractivity contribution in [2.75, 3.05) is 11.9 Å². The van der Waals surface area contributed by atoms with Crippen LogP contribution in [0.3, 0.4) is 0 Å². The molecule has 0 saturated carbocycles. The number of amides is 2. The fourth-order valence-electron chi connectivity index (χ4n) is 1.75. The maximum atomic E-state index is 12.0. The van der Waals surface area contributed by atoms with E-state index in [-0.39, 0.29) is 18.4 Å². The van der Waals surface area contributed by atoms with Crippen LogP contribution in [0.1, 0.15) is 27.7 Å². The van der Waals surface area contributed by atoms with E-state index in [4.69, 9.17) is 23.2 Å². The number of carbonyl (C=O) groups excluding carboxylic acids is 2. The van der Waals surface area contributed by atoms with Crippen molar-refractivity contribution in [3.63, 3.8) is 0 Å². The quantitative estimate of drug-likeness (QED) is 0.926. The van der Waals surface area contributed by atoms with E-state index in [2.05, 4.69) is 5.32 Å². The van der Waals surface area contributed by atoms with Gasteiger partial charge < -0.3 is 10.2 Å². The van der Waals surface area contributed by atoms with Gasteiger partial charge in [-0.1, -0.05) is 23.2 Å². The Morgan fingerprint density at radius 1 is 1.25 bits per heavy atom. The highest BCUT2D eigenvalue weighted by Crippen LogP contribution is 2.25. The fraction of sp³-hybridized carbons (Fsp3) is 0.429. The van der Waals surface area contributed by atoms with E-state index in [0.717, 1.165) is 0 Å². The molecule has 0 aliphatic carbocycles. The van der Waals surface area contributed by atoms with Gasteiger partial charge in [-0.3, -0.25) is 9.59 Å². The first-order chi connectivity index (χ1) is 9.11. The van der Waals surface area contributed by atoms with Gasteiger partial charge >= 0.3 is 0 Å². The molecule has 20 heavy (non-hydrogen) atoms. The highest BCUT2D eigenvalue weighted by Gasteiger charge is 2.26. The Balaban J connectivity index is 2.79. The van der Waals surface area contributed by atoms with Gasteiger partial charge in [0.05, 0.1) is 10.7 Å². The molecule has 4 nitrogen and oxygen atoms in total. The van der Waals surface area contributed by atoms with E-state index in [1.807, 2.05) is 20.8 Å². The first-order valence-corrected chi connectivity index (χ1v) is 6.90. The van der Waals surface area contributed by atoms with Crippen molar-refractivity contribution in [3.8, 4) is 0 Å². The fourth-order valence-corrected chi connectivity index (χ4v) is 2.20. The summed E-state index contributed by atoms with van der Waals surface area (Å²) in [4.78, 5) is 25.1. The minimum absolute atomic E-state index is 0.0300. The van der Waals surface area contributed by atoms with Crippen LogP contribution in [0.15, 0.2) is 18.2 Å². The first-order valence-electron chi connectivity index (χ1n) is 6.14. The number of halogens is 2. The summed E-state index contributed by atoms with van der Waals surface area (Å²) < 4.78 is 0. The Hall–Kier alpha value is -1.26. The maximum Gasteiger partial charge on any atom is 0.244 e. The van der Waals surface area contributed by atoms with E-state index in [1.165, 1.54) is 11.8 Å². The average molecular weight is 317 g/mol. The minimum Gasteiger partial charge on any atom is -0.329 e. The maximum absolute atomic E-state index is 12.0. The van der Waals surface area contributed by atoms with Gasteiger partial charge in [-0.05, 0) is 39.0 Å². The SMILES string of the molecule is CC(=O)N(CC(=O)Nc1ccc(Cl)cc1Cl)C(C)(C)C. The number of nitrogens with zero attached hydrogens (tertiary/aromatic N) is 1. The lowest BCUT2D eigenvalue weighted by Crippen LogP contribution is -2.48. The van der Waals surface area contributed by atoms with Gasteiger partial charge in [0, 0.05) is 17.5 Å². The molecule has 0 aromatic heterocycles. The van der Waals surface area contributed by atoms with Gasteiger partial charge in [0.1, 0.15) is 6.54 Å². The van der Waals surface area contributed by atoms with Crippen LogP contribution in [-0.4, -0.2) is 28.8 Å². The normalized spacial score (nSPS) is 11.1. The summed E-state index contributed by atoms with van der Waals surface area (Å²) in [5.74, 6) is -0.464. The zero-order valence-electron chi connectivity index (χ0n) is 12.0. The highest BCUT2D eigenvalue weighted by molar-refractivity contribution is 6.36. The van der Waals surface area contributed by atoms with Gasteiger partial charge in [-0.2, -0.15) is 0 Å². The molecule has 0 fully saturated rings. The standard InChI is InChI=1S/C14H18Cl2N2O2/c1-9(19)18(14(2,3)4)8-13(20)17-12-6-5-10(15)7-11(12)16/h5-7H,8H2,1-4H3,(H,17,20). The van der Waals surface area contributed by atoms with Crippen molar-refractivity contribution in [2.24, 2.45) is 0 Å². The Labute approximate surface area is 129 Å². The zero-order chi connectivity index (χ0) is 15.5. The molecule has 0 saturated heterocycles. The lowest BCUT2D eigenvalue weighted by atomic mass is 10.1. The molecule has 0 aliphatic heterocycles. The lowest BCUT2D eigenvalue weighted by molar-refractivity contribution is -0.137. The van der Waals surface area contributed by atoms with E-state index in [1.54, 1.807) is 18.2 Å². The Morgan fingerprint density at radius 2 is 1.85 bits per heavy atom. The molecular weight excluding hydrogens is 299 g/mol. The second kappa shape index (κ2) is 6.46. The number of hydrogen-bond donors (Lipinski definition) is 1. The summed E-state index contributed by atoms with van der Waals surface area (Å²) in [5.41, 5.74) is 0.0472. The van der Waals surface area contributed by atoms with Gasteiger partial charge in [-0.25, -0.2) is 0 Å². The van der Waals surface area contributed by atoms with Crippen LogP contribution in [0.25, 0.3) is 0 Å². The van der Waals surface area contributed by atoms with Crippen LogP contribution in [0.4, 0.5) is 5.69 Å². The van der Waals surface area contributed by atoms with E-state index < -0.39 is 5.54 Å². The third-order valence-corrected chi connectivity index (χ3v) is 3.24. The van der Waals surface area contributed by atoms with Crippen LogP contribution >= 0.6 is 23.2 Å². The van der Waals surface area contributed by atoms with Crippen molar-refractivity contribution in [1.82, 2.24) is 4.90 Å². The predicted octanol–water partition coefficient (Wildman–Crippen LogP) is 3.58. The van der Waals surface area contributed by atoms with Crippen LogP contribution in [0.5, 0.6) is 0 Å². The molecule has 0 spiro atoms. The van der Waals surface area contributed by atoms with Gasteiger partial charge in [0.25, 0.3) is 0 Å². The summed E-state index contributed by atoms with van der Waals surface area (Å²) in [7, 11) is 0. The largest absolute Gasteiger partial charge is 0.329 e. The van der Waals surface area contributed by atoms with Crippen LogP contribution in [-0.2, 0) is 9.59 Å². The van der Waals surface area contributed by atoms with Crippen molar-refractivity contribution in [2.45, 2.75) is 33.2 Å². The van der Waals surface area contributed by atoms with Gasteiger partial charge in [0.2, 0.25) is 11.8 Å². The Bertz CT molecular complexity index is 524. The number of anilines is 1. The molecule has 1 aromatic carbocycles. The van der Waals surface area contributed by atoms with E-state index in [0.29, 0.717) is 15.7 Å². The molecule has 1 N–H and O–H groups in total. The third-order valence-electron chi connectivity index (χ3n) is 2.70. The van der Waals surface area contributed by atoms with Crippen LogP contribution in [0.2, 0.25) is 10.0 Å². The molecule has 0 atom stereocenters. The van der Waals surface area contributed by atoms with E-state index in [9.17, 15) is 9.59 Å². The predicted molar refractivity (Wildman–Crippen MR) is 82.2 cm³/mol. The summed E-state index contributed by atoms with van der Waals surface area (Å²) in [6.45, 7) is 7.02. The summed E-state index contributed by atoms with van der Waals surface area (Å²) in [5, 5.41) is 3.52. The molecule has 0 aliphatic rings. The third kappa shape index (κ3) is 4.69. The monoisotopic (exact) mass is 316 g/mol. The molecule has 2 amide bonds. The summed E-state index contributed by atoms with van der Waals surface area (Å²) in [6.07, 6.45) is 0. The topological polar surface area (TPSA) is 49.4 Å². The van der Waals surface area contributed by atoms with Gasteiger partial charge in [0.15, 0.2) is 0 Å². The van der Waals surface area contributed by atoms with Crippen LogP contribution in [0, 0.1) is 0 Å². The van der Waals surface area contributed by atoms with Crippen LogP contribution < -0.4 is 5.32 Å². The van der Waals surface area contributed by atoms with Crippen molar-refractivity contribution < 1.29 is 9.59 Å². The Kier molecular flexibility index (Phi) is 5.42. The first kappa shape index (κ1) is 16.8. The second-order valence-corrected chi connectivity index (χ2v) is 6.29. The molecule has 6 heteroatoms. The molecular formula is C14H18Cl2N2O2. The number of hydrogen-bond acceptors (Lipinski definition) is 2. The smallest absolute Gasteiger partial charge is 0.244 e. The molecule has 0 radical (unpaired) electrons. The lowest BCUT2D eigenvalue weighted by Gasteiger charge is -2.34. The highest BCUT2D eigenvalue weighted by atomic mass is 35.5. The van der Waals surface area contributed by atoms with Crippen molar-refractivity contribution in [3.05, 3.63) is 28.2 Å². The number of carbonyl (C=O) groups is 2. The second-order valence-electron chi connectivity index (χ2n) is 5.45. The number of benzene rings is 1. The molecule has 0 heterocycles. The molecule has 110 valence electrons. The minimum atomic E-state index is -0.424. The molecule has 0 unspecified atom stereocenters. The molecule has 1 aromatic rings. The molecule has 0 bridgehead atoms. The van der Waals surface area contributed by atoms with Gasteiger partial charge in [-0.15, -0.1) is 0 Å². The van der Waals surface area contributed by atoms with Crippen molar-refractivity contribution >= 4 is 40.7 Å². The summed E-state index contributed by atoms with van der Waals surface area (Å²) >= 11 is 11.8. The Morgan fingerprint density at radius 3 is 2.30 bits per heavy atom. The zero-order valence-corrected chi connectivity index (χ0v) is 13.5. The van der Waals surface area contributed by atoms with E-state index >= 15 is 0 Å². The average Bonchev–Trinajstić information content (AvgIpc) is 2.28. The summed E-state index contributed by atoms with van der Waals surface area (Å²) in [6, 6.07) is 4.80. The molecule has 1 rings (SSSR count).